The molecule has 0 saturated carbocycles. The highest BCUT2D eigenvalue weighted by Gasteiger charge is 2.17. The normalized spacial score (nSPS) is 16.6. The van der Waals surface area contributed by atoms with Gasteiger partial charge in [0.05, 0.1) is 10.0 Å². The molecule has 1 amide bonds. The van der Waals surface area contributed by atoms with Crippen LogP contribution in [0.25, 0.3) is 0 Å². The molecule has 0 spiro atoms. The van der Waals surface area contributed by atoms with Crippen molar-refractivity contribution in [3.05, 3.63) is 34.1 Å². The molecule has 0 aromatic heterocycles. The van der Waals surface area contributed by atoms with Gasteiger partial charge in [-0.2, -0.15) is 0 Å². The van der Waals surface area contributed by atoms with E-state index in [0.29, 0.717) is 16.9 Å². The second-order valence-electron chi connectivity index (χ2n) is 4.37. The zero-order chi connectivity index (χ0) is 13.0. The summed E-state index contributed by atoms with van der Waals surface area (Å²) in [4.78, 5) is 11.9. The number of carbonyl (C=O) groups is 1. The molecule has 0 bridgehead atoms. The summed E-state index contributed by atoms with van der Waals surface area (Å²) in [6, 6.07) is 4.71. The van der Waals surface area contributed by atoms with Gasteiger partial charge < -0.3 is 10.1 Å². The number of hydrogen-bond acceptors (Lipinski definition) is 2. The van der Waals surface area contributed by atoms with Crippen LogP contribution in [0.5, 0.6) is 0 Å². The van der Waals surface area contributed by atoms with Crippen LogP contribution < -0.4 is 5.32 Å². The minimum Gasteiger partial charge on any atom is -0.381 e. The van der Waals surface area contributed by atoms with E-state index in [1.54, 1.807) is 12.1 Å². The van der Waals surface area contributed by atoms with E-state index >= 15 is 0 Å². The third-order valence-electron chi connectivity index (χ3n) is 3.09. The predicted molar refractivity (Wildman–Crippen MR) is 70.0 cm³/mol. The monoisotopic (exact) mass is 315 g/mol. The second-order valence-corrected chi connectivity index (χ2v) is 5.22. The smallest absolute Gasteiger partial charge is 0.254 e. The minimum atomic E-state index is -0.512. The molecule has 1 aromatic rings. The Bertz CT molecular complexity index is 433. The summed E-state index contributed by atoms with van der Waals surface area (Å²) in [5, 5.41) is 2.78. The van der Waals surface area contributed by atoms with Gasteiger partial charge in [0, 0.05) is 19.8 Å². The Balaban J connectivity index is 1.93. The van der Waals surface area contributed by atoms with Gasteiger partial charge in [-0.1, -0.05) is 6.07 Å². The number of nitrogens with one attached hydrogen (secondary N) is 1. The molecule has 1 fully saturated rings. The summed E-state index contributed by atoms with van der Waals surface area (Å²) in [7, 11) is 0. The van der Waals surface area contributed by atoms with Gasteiger partial charge in [-0.15, -0.1) is 0 Å². The van der Waals surface area contributed by atoms with Crippen LogP contribution in [0.3, 0.4) is 0 Å². The Kier molecular flexibility index (Phi) is 4.72. The molecule has 5 heteroatoms. The molecule has 1 aromatic carbocycles. The van der Waals surface area contributed by atoms with Crippen LogP contribution in [0.4, 0.5) is 4.39 Å². The highest BCUT2D eigenvalue weighted by atomic mass is 79.9. The van der Waals surface area contributed by atoms with Gasteiger partial charge in [-0.25, -0.2) is 4.39 Å². The van der Waals surface area contributed by atoms with Crippen LogP contribution in [0.15, 0.2) is 22.7 Å². The average Bonchev–Trinajstić information content (AvgIpc) is 2.40. The van der Waals surface area contributed by atoms with Crippen LogP contribution >= 0.6 is 15.9 Å². The van der Waals surface area contributed by atoms with Crippen LogP contribution in [0.2, 0.25) is 0 Å². The van der Waals surface area contributed by atoms with E-state index in [0.717, 1.165) is 26.1 Å². The highest BCUT2D eigenvalue weighted by Crippen LogP contribution is 2.19. The molecule has 1 saturated heterocycles. The van der Waals surface area contributed by atoms with E-state index in [9.17, 15) is 9.18 Å². The lowest BCUT2D eigenvalue weighted by Crippen LogP contribution is -2.32. The van der Waals surface area contributed by atoms with Crippen LogP contribution in [0, 0.1) is 11.7 Å². The van der Waals surface area contributed by atoms with Gasteiger partial charge in [0.25, 0.3) is 5.91 Å². The molecule has 1 aliphatic heterocycles. The fourth-order valence-electron chi connectivity index (χ4n) is 1.96. The lowest BCUT2D eigenvalue weighted by molar-refractivity contribution is 0.0642. The van der Waals surface area contributed by atoms with Crippen molar-refractivity contribution in [2.75, 3.05) is 19.8 Å². The standard InChI is InChI=1S/C13H15BrFNO2/c14-11-3-1-2-10(12(11)15)13(17)16-8-9-4-6-18-7-5-9/h1-3,9H,4-8H2,(H,16,17). The maximum atomic E-state index is 13.7. The van der Waals surface area contributed by atoms with E-state index in [-0.39, 0.29) is 11.5 Å². The maximum absolute atomic E-state index is 13.7. The first-order valence-corrected chi connectivity index (χ1v) is 6.77. The average molecular weight is 316 g/mol. The van der Waals surface area contributed by atoms with Gasteiger partial charge >= 0.3 is 0 Å². The van der Waals surface area contributed by atoms with Crippen LogP contribution in [0.1, 0.15) is 23.2 Å². The molecule has 1 N–H and O–H groups in total. The molecular weight excluding hydrogens is 301 g/mol. The Labute approximate surface area is 114 Å². The van der Waals surface area contributed by atoms with Crippen molar-refractivity contribution < 1.29 is 13.9 Å². The zero-order valence-electron chi connectivity index (χ0n) is 9.92. The summed E-state index contributed by atoms with van der Waals surface area (Å²) in [5.41, 5.74) is 0.0800. The SMILES string of the molecule is O=C(NCC1CCOCC1)c1cccc(Br)c1F. The third-order valence-corrected chi connectivity index (χ3v) is 3.70. The van der Waals surface area contributed by atoms with E-state index in [4.69, 9.17) is 4.74 Å². The fourth-order valence-corrected chi connectivity index (χ4v) is 2.33. The molecular formula is C13H15BrFNO2. The third kappa shape index (κ3) is 3.29. The molecule has 18 heavy (non-hydrogen) atoms. The Morgan fingerprint density at radius 2 is 2.17 bits per heavy atom. The van der Waals surface area contributed by atoms with Crippen molar-refractivity contribution in [2.24, 2.45) is 5.92 Å². The van der Waals surface area contributed by atoms with E-state index in [2.05, 4.69) is 21.2 Å². The minimum absolute atomic E-state index is 0.0800. The number of ether oxygens (including phenoxy) is 1. The number of carbonyl (C=O) groups excluding carboxylic acids is 1. The van der Waals surface area contributed by atoms with Crippen molar-refractivity contribution in [1.29, 1.82) is 0 Å². The number of rotatable bonds is 3. The van der Waals surface area contributed by atoms with Gasteiger partial charge in [0.15, 0.2) is 0 Å². The Morgan fingerprint density at radius 1 is 1.44 bits per heavy atom. The first-order valence-electron chi connectivity index (χ1n) is 5.98. The van der Waals surface area contributed by atoms with Crippen molar-refractivity contribution in [3.63, 3.8) is 0 Å². The number of amides is 1. The first-order chi connectivity index (χ1) is 8.68. The van der Waals surface area contributed by atoms with E-state index in [1.165, 1.54) is 6.07 Å². The van der Waals surface area contributed by atoms with Gasteiger partial charge in [0.2, 0.25) is 0 Å². The molecule has 1 heterocycles. The van der Waals surface area contributed by atoms with Gasteiger partial charge in [-0.3, -0.25) is 4.79 Å². The summed E-state index contributed by atoms with van der Waals surface area (Å²) < 4.78 is 19.2. The lowest BCUT2D eigenvalue weighted by atomic mass is 10.0. The van der Waals surface area contributed by atoms with E-state index < -0.39 is 5.82 Å². The Hall–Kier alpha value is -0.940. The molecule has 2 rings (SSSR count). The lowest BCUT2D eigenvalue weighted by Gasteiger charge is -2.22. The zero-order valence-corrected chi connectivity index (χ0v) is 11.5. The first kappa shape index (κ1) is 13.5. The molecule has 98 valence electrons. The molecule has 0 unspecified atom stereocenters. The van der Waals surface area contributed by atoms with Crippen molar-refractivity contribution >= 4 is 21.8 Å². The molecule has 0 atom stereocenters. The van der Waals surface area contributed by atoms with Gasteiger partial charge in [0.1, 0.15) is 5.82 Å². The van der Waals surface area contributed by atoms with E-state index in [1.807, 2.05) is 0 Å². The van der Waals surface area contributed by atoms with Crippen molar-refractivity contribution in [2.45, 2.75) is 12.8 Å². The summed E-state index contributed by atoms with van der Waals surface area (Å²) >= 11 is 3.07. The van der Waals surface area contributed by atoms with Gasteiger partial charge in [-0.05, 0) is 46.8 Å². The molecule has 3 nitrogen and oxygen atoms in total. The number of hydrogen-bond donors (Lipinski definition) is 1. The topological polar surface area (TPSA) is 38.3 Å². The number of benzene rings is 1. The summed E-state index contributed by atoms with van der Waals surface area (Å²) in [6.45, 7) is 2.06. The maximum Gasteiger partial charge on any atom is 0.254 e. The fraction of sp³-hybridized carbons (Fsp3) is 0.462. The van der Waals surface area contributed by atoms with Crippen LogP contribution in [-0.2, 0) is 4.74 Å². The second kappa shape index (κ2) is 6.29. The predicted octanol–water partition coefficient (Wildman–Crippen LogP) is 2.74. The van der Waals surface area contributed by atoms with Crippen molar-refractivity contribution in [3.8, 4) is 0 Å². The number of halogens is 2. The molecule has 1 aliphatic rings. The summed E-state index contributed by atoms with van der Waals surface area (Å²) in [5.74, 6) is -0.444. The Morgan fingerprint density at radius 3 is 2.89 bits per heavy atom. The summed E-state index contributed by atoms with van der Waals surface area (Å²) in [6.07, 6.45) is 1.89. The molecule has 0 radical (unpaired) electrons. The molecule has 0 aliphatic carbocycles. The van der Waals surface area contributed by atoms with Crippen LogP contribution in [-0.4, -0.2) is 25.7 Å². The highest BCUT2D eigenvalue weighted by molar-refractivity contribution is 9.10. The van der Waals surface area contributed by atoms with Crippen molar-refractivity contribution in [1.82, 2.24) is 5.32 Å². The quantitative estimate of drug-likeness (QED) is 0.931. The largest absolute Gasteiger partial charge is 0.381 e.